The molecule has 0 aromatic rings. The number of hydrogen-bond acceptors (Lipinski definition) is 1. The van der Waals surface area contributed by atoms with Gasteiger partial charge in [0, 0.05) is 12.7 Å². The van der Waals surface area contributed by atoms with Crippen LogP contribution in [-0.2, 0) is 0 Å². The maximum Gasteiger partial charge on any atom is 0.0864 e. The zero-order valence-electron chi connectivity index (χ0n) is 7.96. The molecule has 0 atom stereocenters. The second-order valence-corrected chi connectivity index (χ2v) is 2.54. The van der Waals surface area contributed by atoms with Gasteiger partial charge in [-0.25, -0.2) is 0 Å². The third-order valence-electron chi connectivity index (χ3n) is 1.29. The third-order valence-corrected chi connectivity index (χ3v) is 1.29. The first kappa shape index (κ1) is 10.7. The van der Waals surface area contributed by atoms with Crippen molar-refractivity contribution < 1.29 is 0 Å². The lowest BCUT2D eigenvalue weighted by Crippen LogP contribution is -2.09. The Bertz CT molecular complexity index is 218. The van der Waals surface area contributed by atoms with Crippen molar-refractivity contribution in [1.29, 1.82) is 0 Å². The lowest BCUT2D eigenvalue weighted by molar-refractivity contribution is 1.13. The predicted octanol–water partition coefficient (Wildman–Crippen LogP) is 2.27. The van der Waals surface area contributed by atoms with E-state index in [1.54, 1.807) is 19.5 Å². The molecule has 66 valence electrons. The van der Waals surface area contributed by atoms with E-state index in [1.165, 1.54) is 5.57 Å². The van der Waals surface area contributed by atoms with Crippen LogP contribution < -0.4 is 5.32 Å². The minimum atomic E-state index is 1.06. The molecule has 0 heterocycles. The molecule has 0 rings (SSSR count). The quantitative estimate of drug-likeness (QED) is 0.385. The lowest BCUT2D eigenvalue weighted by Gasteiger charge is -2.02. The monoisotopic (exact) mass is 164 g/mol. The van der Waals surface area contributed by atoms with Gasteiger partial charge >= 0.3 is 0 Å². The van der Waals surface area contributed by atoms with Crippen LogP contribution in [0.25, 0.3) is 0 Å². The van der Waals surface area contributed by atoms with E-state index in [-0.39, 0.29) is 0 Å². The van der Waals surface area contributed by atoms with Gasteiger partial charge in [-0.1, -0.05) is 24.3 Å². The zero-order valence-corrected chi connectivity index (χ0v) is 7.96. The average molecular weight is 164 g/mol. The molecule has 0 saturated heterocycles. The van der Waals surface area contributed by atoms with Gasteiger partial charge in [0.15, 0.2) is 0 Å². The summed E-state index contributed by atoms with van der Waals surface area (Å²) < 4.78 is 0. The van der Waals surface area contributed by atoms with E-state index in [1.807, 2.05) is 26.0 Å². The van der Waals surface area contributed by atoms with Crippen LogP contribution >= 0.6 is 0 Å². The minimum absolute atomic E-state index is 1.06. The highest BCUT2D eigenvalue weighted by Gasteiger charge is 1.89. The highest BCUT2D eigenvalue weighted by atomic mass is 14.9. The van der Waals surface area contributed by atoms with Gasteiger partial charge in [0.05, 0.1) is 6.34 Å². The zero-order chi connectivity index (χ0) is 9.40. The van der Waals surface area contributed by atoms with E-state index in [9.17, 15) is 0 Å². The van der Waals surface area contributed by atoms with Crippen LogP contribution in [0.2, 0.25) is 0 Å². The molecule has 0 aliphatic rings. The van der Waals surface area contributed by atoms with Gasteiger partial charge in [-0.15, -0.1) is 0 Å². The first-order valence-corrected chi connectivity index (χ1v) is 3.86. The Hall–Kier alpha value is -1.31. The van der Waals surface area contributed by atoms with Gasteiger partial charge in [0.1, 0.15) is 0 Å². The molecular weight excluding hydrogens is 148 g/mol. The largest absolute Gasteiger partial charge is 0.347 e. The van der Waals surface area contributed by atoms with Crippen molar-refractivity contribution >= 4 is 6.34 Å². The maximum absolute atomic E-state index is 3.84. The SMILES string of the molecule is C=C/C=C\C(NC=NC)=C(C)C. The van der Waals surface area contributed by atoms with Crippen LogP contribution in [0, 0.1) is 0 Å². The summed E-state index contributed by atoms with van der Waals surface area (Å²) in [5.41, 5.74) is 2.27. The molecule has 0 amide bonds. The molecule has 0 aliphatic carbocycles. The Morgan fingerprint density at radius 2 is 2.08 bits per heavy atom. The van der Waals surface area contributed by atoms with E-state index < -0.39 is 0 Å². The van der Waals surface area contributed by atoms with E-state index in [0.29, 0.717) is 0 Å². The van der Waals surface area contributed by atoms with Crippen LogP contribution in [0.5, 0.6) is 0 Å². The van der Waals surface area contributed by atoms with Crippen LogP contribution in [0.1, 0.15) is 13.8 Å². The molecule has 0 radical (unpaired) electrons. The Morgan fingerprint density at radius 3 is 2.50 bits per heavy atom. The van der Waals surface area contributed by atoms with E-state index in [0.717, 1.165) is 5.70 Å². The van der Waals surface area contributed by atoms with E-state index >= 15 is 0 Å². The number of nitrogens with one attached hydrogen (secondary N) is 1. The van der Waals surface area contributed by atoms with Crippen molar-refractivity contribution in [2.24, 2.45) is 4.99 Å². The molecule has 12 heavy (non-hydrogen) atoms. The van der Waals surface area contributed by atoms with Crippen LogP contribution in [0.4, 0.5) is 0 Å². The summed E-state index contributed by atoms with van der Waals surface area (Å²) in [5.74, 6) is 0. The average Bonchev–Trinajstić information content (AvgIpc) is 2.04. The van der Waals surface area contributed by atoms with Crippen LogP contribution in [0.15, 0.2) is 41.1 Å². The summed E-state index contributed by atoms with van der Waals surface area (Å²) >= 11 is 0. The Balaban J connectivity index is 4.36. The second kappa shape index (κ2) is 6.40. The number of allylic oxidation sites excluding steroid dienone is 4. The van der Waals surface area contributed by atoms with Gasteiger partial charge in [-0.2, -0.15) is 0 Å². The van der Waals surface area contributed by atoms with Gasteiger partial charge in [-0.05, 0) is 19.9 Å². The van der Waals surface area contributed by atoms with Gasteiger partial charge in [0.25, 0.3) is 0 Å². The van der Waals surface area contributed by atoms with Crippen LogP contribution in [-0.4, -0.2) is 13.4 Å². The normalized spacial score (nSPS) is 10.6. The van der Waals surface area contributed by atoms with E-state index in [4.69, 9.17) is 0 Å². The molecule has 2 heteroatoms. The smallest absolute Gasteiger partial charge is 0.0864 e. The summed E-state index contributed by atoms with van der Waals surface area (Å²) in [7, 11) is 1.73. The van der Waals surface area contributed by atoms with Crippen molar-refractivity contribution in [3.63, 3.8) is 0 Å². The molecule has 0 aromatic heterocycles. The molecule has 2 nitrogen and oxygen atoms in total. The predicted molar refractivity (Wildman–Crippen MR) is 55.3 cm³/mol. The van der Waals surface area contributed by atoms with Crippen molar-refractivity contribution in [3.8, 4) is 0 Å². The second-order valence-electron chi connectivity index (χ2n) is 2.54. The molecular formula is C10H16N2. The maximum atomic E-state index is 3.84. The molecule has 0 aliphatic heterocycles. The first-order chi connectivity index (χ1) is 5.72. The molecule has 1 N–H and O–H groups in total. The summed E-state index contributed by atoms with van der Waals surface area (Å²) in [6.07, 6.45) is 7.26. The molecule has 0 saturated carbocycles. The standard InChI is InChI=1S/C10H16N2/c1-5-6-7-10(9(2)3)12-8-11-4/h5-8H,1H2,2-4H3,(H,11,12)/b7-6-. The minimum Gasteiger partial charge on any atom is -0.347 e. The molecule has 0 spiro atoms. The van der Waals surface area contributed by atoms with Gasteiger partial charge in [-0.3, -0.25) is 4.99 Å². The third kappa shape index (κ3) is 4.50. The van der Waals surface area contributed by atoms with Crippen molar-refractivity contribution in [2.45, 2.75) is 13.8 Å². The number of nitrogens with zero attached hydrogens (tertiary/aromatic N) is 1. The topological polar surface area (TPSA) is 24.4 Å². The summed E-state index contributed by atoms with van der Waals surface area (Å²) in [5, 5.41) is 3.06. The summed E-state index contributed by atoms with van der Waals surface area (Å²) in [6.45, 7) is 7.68. The van der Waals surface area contributed by atoms with Gasteiger partial charge < -0.3 is 5.32 Å². The summed E-state index contributed by atoms with van der Waals surface area (Å²) in [6, 6.07) is 0. The molecule has 0 fully saturated rings. The van der Waals surface area contributed by atoms with Gasteiger partial charge in [0.2, 0.25) is 0 Å². The molecule has 0 unspecified atom stereocenters. The fraction of sp³-hybridized carbons (Fsp3) is 0.300. The van der Waals surface area contributed by atoms with Crippen molar-refractivity contribution in [1.82, 2.24) is 5.32 Å². The van der Waals surface area contributed by atoms with Crippen molar-refractivity contribution in [3.05, 3.63) is 36.1 Å². The number of rotatable bonds is 4. The lowest BCUT2D eigenvalue weighted by atomic mass is 10.2. The molecule has 0 aromatic carbocycles. The fourth-order valence-electron chi connectivity index (χ4n) is 0.657. The Labute approximate surface area is 74.4 Å². The number of aliphatic imine (C=N–C) groups is 1. The Morgan fingerprint density at radius 1 is 1.42 bits per heavy atom. The van der Waals surface area contributed by atoms with Crippen molar-refractivity contribution in [2.75, 3.05) is 7.05 Å². The molecule has 0 bridgehead atoms. The Kier molecular flexibility index (Phi) is 5.70. The highest BCUT2D eigenvalue weighted by Crippen LogP contribution is 1.99. The van der Waals surface area contributed by atoms with E-state index in [2.05, 4.69) is 16.9 Å². The first-order valence-electron chi connectivity index (χ1n) is 3.86. The van der Waals surface area contributed by atoms with Crippen LogP contribution in [0.3, 0.4) is 0 Å². The fourth-order valence-corrected chi connectivity index (χ4v) is 0.657. The summed E-state index contributed by atoms with van der Waals surface area (Å²) in [4.78, 5) is 3.84. The number of hydrogen-bond donors (Lipinski definition) is 1. The highest BCUT2D eigenvalue weighted by molar-refractivity contribution is 5.58.